The van der Waals surface area contributed by atoms with Crippen molar-refractivity contribution in [1.82, 2.24) is 0 Å². The van der Waals surface area contributed by atoms with Crippen molar-refractivity contribution in [1.29, 1.82) is 0 Å². The molecule has 1 aliphatic heterocycles. The third-order valence-electron chi connectivity index (χ3n) is 4.24. The quantitative estimate of drug-likeness (QED) is 0.773. The second-order valence-corrected chi connectivity index (χ2v) is 6.61. The Kier molecular flexibility index (Phi) is 4.43. The molecule has 0 bridgehead atoms. The van der Waals surface area contributed by atoms with Gasteiger partial charge in [-0.2, -0.15) is 0 Å². The Morgan fingerprint density at radius 2 is 1.92 bits per heavy atom. The van der Waals surface area contributed by atoms with Crippen molar-refractivity contribution in [3.8, 4) is 5.75 Å². The summed E-state index contributed by atoms with van der Waals surface area (Å²) in [7, 11) is 1.67. The Labute approximate surface area is 143 Å². The van der Waals surface area contributed by atoms with Crippen LogP contribution in [-0.2, 0) is 4.79 Å². The molecular formula is C21H23NO2. The number of carbonyl (C=O) groups excluding carboxylic acids is 1. The molecule has 0 saturated heterocycles. The van der Waals surface area contributed by atoms with Crippen LogP contribution in [0.25, 0.3) is 11.6 Å². The molecular weight excluding hydrogens is 298 g/mol. The third kappa shape index (κ3) is 2.94. The molecule has 3 heteroatoms. The normalized spacial score (nSPS) is 15.3. The molecule has 0 N–H and O–H groups in total. The van der Waals surface area contributed by atoms with E-state index >= 15 is 0 Å². The van der Waals surface area contributed by atoms with Crippen LogP contribution in [-0.4, -0.2) is 19.6 Å². The molecule has 0 radical (unpaired) electrons. The van der Waals surface area contributed by atoms with Gasteiger partial charge < -0.3 is 9.64 Å². The zero-order valence-corrected chi connectivity index (χ0v) is 14.7. The predicted octanol–water partition coefficient (Wildman–Crippen LogP) is 4.55. The Balaban J connectivity index is 2.04. The molecule has 24 heavy (non-hydrogen) atoms. The van der Waals surface area contributed by atoms with Gasteiger partial charge in [0.05, 0.1) is 12.8 Å². The number of anilines is 1. The van der Waals surface area contributed by atoms with Crippen LogP contribution in [0.15, 0.2) is 42.5 Å². The topological polar surface area (TPSA) is 29.5 Å². The average Bonchev–Trinajstić information content (AvgIpc) is 2.81. The summed E-state index contributed by atoms with van der Waals surface area (Å²) in [5, 5.41) is 0. The number of benzene rings is 2. The van der Waals surface area contributed by atoms with Gasteiger partial charge >= 0.3 is 0 Å². The number of ether oxygens (including phenoxy) is 1. The number of carbonyl (C=O) groups is 1. The molecule has 124 valence electrons. The van der Waals surface area contributed by atoms with Gasteiger partial charge in [0, 0.05) is 17.7 Å². The van der Waals surface area contributed by atoms with E-state index in [2.05, 4.69) is 13.8 Å². The number of amides is 1. The van der Waals surface area contributed by atoms with E-state index in [4.69, 9.17) is 4.74 Å². The molecule has 3 rings (SSSR count). The maximum Gasteiger partial charge on any atom is 0.259 e. The summed E-state index contributed by atoms with van der Waals surface area (Å²) in [6.45, 7) is 7.00. The first-order chi connectivity index (χ1) is 11.5. The molecule has 1 aliphatic rings. The highest BCUT2D eigenvalue weighted by molar-refractivity contribution is 6.35. The van der Waals surface area contributed by atoms with Crippen LogP contribution >= 0.6 is 0 Å². The lowest BCUT2D eigenvalue weighted by atomic mass is 10.0. The first-order valence-corrected chi connectivity index (χ1v) is 8.29. The Bertz CT molecular complexity index is 805. The van der Waals surface area contributed by atoms with E-state index in [-0.39, 0.29) is 5.91 Å². The van der Waals surface area contributed by atoms with Gasteiger partial charge in [-0.25, -0.2) is 0 Å². The maximum absolute atomic E-state index is 12.9. The second kappa shape index (κ2) is 6.52. The van der Waals surface area contributed by atoms with Crippen molar-refractivity contribution in [2.75, 3.05) is 18.6 Å². The predicted molar refractivity (Wildman–Crippen MR) is 99.2 cm³/mol. The monoisotopic (exact) mass is 321 g/mol. The highest BCUT2D eigenvalue weighted by Crippen LogP contribution is 2.38. The highest BCUT2D eigenvalue weighted by atomic mass is 16.5. The summed E-state index contributed by atoms with van der Waals surface area (Å²) < 4.78 is 5.31. The minimum Gasteiger partial charge on any atom is -0.496 e. The SMILES string of the molecule is COc1ccc(/C=C2\C(=O)N(CC(C)C)c3ccccc32)cc1C. The van der Waals surface area contributed by atoms with Crippen molar-refractivity contribution >= 4 is 23.2 Å². The summed E-state index contributed by atoms with van der Waals surface area (Å²) in [5.41, 5.74) is 4.85. The molecule has 0 saturated carbocycles. The molecule has 2 aromatic carbocycles. The molecule has 0 spiro atoms. The molecule has 1 heterocycles. The van der Waals surface area contributed by atoms with E-state index in [0.717, 1.165) is 40.2 Å². The Hall–Kier alpha value is -2.55. The number of para-hydroxylation sites is 1. The first kappa shape index (κ1) is 16.3. The van der Waals surface area contributed by atoms with Gasteiger partial charge in [0.25, 0.3) is 5.91 Å². The van der Waals surface area contributed by atoms with Crippen molar-refractivity contribution < 1.29 is 9.53 Å². The zero-order chi connectivity index (χ0) is 17.3. The summed E-state index contributed by atoms with van der Waals surface area (Å²) in [5.74, 6) is 1.36. The van der Waals surface area contributed by atoms with E-state index in [1.165, 1.54) is 0 Å². The smallest absolute Gasteiger partial charge is 0.259 e. The van der Waals surface area contributed by atoms with Crippen LogP contribution in [0.1, 0.15) is 30.5 Å². The summed E-state index contributed by atoms with van der Waals surface area (Å²) in [4.78, 5) is 14.8. The third-order valence-corrected chi connectivity index (χ3v) is 4.24. The van der Waals surface area contributed by atoms with Gasteiger partial charge in [-0.1, -0.05) is 38.1 Å². The van der Waals surface area contributed by atoms with E-state index in [9.17, 15) is 4.79 Å². The van der Waals surface area contributed by atoms with E-state index in [1.807, 2.05) is 60.4 Å². The minimum atomic E-state index is 0.0818. The number of aryl methyl sites for hydroxylation is 1. The van der Waals surface area contributed by atoms with Gasteiger partial charge in [-0.3, -0.25) is 4.79 Å². The number of rotatable bonds is 4. The average molecular weight is 321 g/mol. The largest absolute Gasteiger partial charge is 0.496 e. The molecule has 0 aromatic heterocycles. The van der Waals surface area contributed by atoms with E-state index in [0.29, 0.717) is 5.92 Å². The minimum absolute atomic E-state index is 0.0818. The van der Waals surface area contributed by atoms with Crippen molar-refractivity contribution in [3.05, 3.63) is 59.2 Å². The zero-order valence-electron chi connectivity index (χ0n) is 14.7. The van der Waals surface area contributed by atoms with Crippen molar-refractivity contribution in [2.45, 2.75) is 20.8 Å². The Morgan fingerprint density at radius 1 is 1.17 bits per heavy atom. The lowest BCUT2D eigenvalue weighted by Crippen LogP contribution is -2.30. The van der Waals surface area contributed by atoms with Gasteiger partial charge in [-0.05, 0) is 48.2 Å². The van der Waals surface area contributed by atoms with Crippen LogP contribution in [0, 0.1) is 12.8 Å². The van der Waals surface area contributed by atoms with Gasteiger partial charge in [0.2, 0.25) is 0 Å². The first-order valence-electron chi connectivity index (χ1n) is 8.29. The second-order valence-electron chi connectivity index (χ2n) is 6.61. The maximum atomic E-state index is 12.9. The fraction of sp³-hybridized carbons (Fsp3) is 0.286. The molecule has 0 fully saturated rings. The summed E-state index contributed by atoms with van der Waals surface area (Å²) in [6, 6.07) is 14.0. The van der Waals surface area contributed by atoms with Crippen molar-refractivity contribution in [2.24, 2.45) is 5.92 Å². The summed E-state index contributed by atoms with van der Waals surface area (Å²) >= 11 is 0. The van der Waals surface area contributed by atoms with Crippen LogP contribution < -0.4 is 9.64 Å². The van der Waals surface area contributed by atoms with Gasteiger partial charge in [0.15, 0.2) is 0 Å². The fourth-order valence-corrected chi connectivity index (χ4v) is 3.15. The standard InChI is InChI=1S/C21H23NO2/c1-14(2)13-22-19-8-6-5-7-17(19)18(21(22)23)12-16-9-10-20(24-4)15(3)11-16/h5-12,14H,13H2,1-4H3/b18-12-. The van der Waals surface area contributed by atoms with Gasteiger partial charge in [0.1, 0.15) is 5.75 Å². The molecule has 0 atom stereocenters. The van der Waals surface area contributed by atoms with Gasteiger partial charge in [-0.15, -0.1) is 0 Å². The molecule has 0 aliphatic carbocycles. The molecule has 2 aromatic rings. The van der Waals surface area contributed by atoms with Crippen LogP contribution in [0.2, 0.25) is 0 Å². The summed E-state index contributed by atoms with van der Waals surface area (Å²) in [6.07, 6.45) is 1.98. The molecule has 0 unspecified atom stereocenters. The van der Waals surface area contributed by atoms with E-state index in [1.54, 1.807) is 7.11 Å². The lowest BCUT2D eigenvalue weighted by Gasteiger charge is -2.19. The number of hydrogen-bond acceptors (Lipinski definition) is 2. The number of methoxy groups -OCH3 is 1. The van der Waals surface area contributed by atoms with Crippen molar-refractivity contribution in [3.63, 3.8) is 0 Å². The van der Waals surface area contributed by atoms with Crippen LogP contribution in [0.5, 0.6) is 5.75 Å². The highest BCUT2D eigenvalue weighted by Gasteiger charge is 2.32. The molecule has 1 amide bonds. The van der Waals surface area contributed by atoms with Crippen LogP contribution in [0.4, 0.5) is 5.69 Å². The number of hydrogen-bond donors (Lipinski definition) is 0. The fourth-order valence-electron chi connectivity index (χ4n) is 3.15. The van der Waals surface area contributed by atoms with Crippen LogP contribution in [0.3, 0.4) is 0 Å². The molecule has 3 nitrogen and oxygen atoms in total. The van der Waals surface area contributed by atoms with E-state index < -0.39 is 0 Å². The number of nitrogens with zero attached hydrogens (tertiary/aromatic N) is 1. The Morgan fingerprint density at radius 3 is 2.58 bits per heavy atom. The lowest BCUT2D eigenvalue weighted by molar-refractivity contribution is -0.113. The number of fused-ring (bicyclic) bond motifs is 1.